The average molecular weight is 435 g/mol. The number of hydrogen-bond donors (Lipinski definition) is 1. The van der Waals surface area contributed by atoms with E-state index in [1.165, 1.54) is 0 Å². The predicted octanol–water partition coefficient (Wildman–Crippen LogP) is 3.26. The second-order valence-corrected chi connectivity index (χ2v) is 8.44. The lowest BCUT2D eigenvalue weighted by atomic mass is 10.0. The van der Waals surface area contributed by atoms with E-state index >= 15 is 0 Å². The Balaban J connectivity index is 1.36. The molecule has 1 aromatic carbocycles. The Labute approximate surface area is 188 Å². The Bertz CT molecular complexity index is 1090. The van der Waals surface area contributed by atoms with Gasteiger partial charge in [-0.2, -0.15) is 0 Å². The van der Waals surface area contributed by atoms with Crippen LogP contribution in [0.25, 0.3) is 10.9 Å². The number of piperidine rings is 1. The summed E-state index contributed by atoms with van der Waals surface area (Å²) in [5, 5.41) is 4.91. The van der Waals surface area contributed by atoms with Gasteiger partial charge in [0, 0.05) is 55.6 Å². The van der Waals surface area contributed by atoms with E-state index in [0.29, 0.717) is 6.04 Å². The summed E-state index contributed by atoms with van der Waals surface area (Å²) < 4.78 is 11.0. The van der Waals surface area contributed by atoms with Crippen LogP contribution in [-0.4, -0.2) is 67.5 Å². The van der Waals surface area contributed by atoms with Crippen LogP contribution in [0.5, 0.6) is 5.75 Å². The summed E-state index contributed by atoms with van der Waals surface area (Å²) in [7, 11) is 1.69. The van der Waals surface area contributed by atoms with E-state index in [1.807, 2.05) is 18.3 Å². The van der Waals surface area contributed by atoms with Gasteiger partial charge in [-0.25, -0.2) is 9.97 Å². The lowest BCUT2D eigenvalue weighted by Crippen LogP contribution is -2.43. The van der Waals surface area contributed by atoms with Crippen LogP contribution in [0, 0.1) is 6.92 Å². The second-order valence-electron chi connectivity index (χ2n) is 8.44. The minimum Gasteiger partial charge on any atom is -0.494 e. The highest BCUT2D eigenvalue weighted by atomic mass is 16.5. The van der Waals surface area contributed by atoms with Gasteiger partial charge in [-0.3, -0.25) is 4.98 Å². The molecule has 2 saturated heterocycles. The first-order chi connectivity index (χ1) is 15.7. The molecule has 8 heteroatoms. The molecule has 3 aromatic rings. The van der Waals surface area contributed by atoms with E-state index < -0.39 is 0 Å². The van der Waals surface area contributed by atoms with Crippen LogP contribution in [0.4, 0.5) is 17.3 Å². The lowest BCUT2D eigenvalue weighted by Gasteiger charge is -2.35. The lowest BCUT2D eigenvalue weighted by molar-refractivity contribution is 0.122. The van der Waals surface area contributed by atoms with E-state index in [0.717, 1.165) is 91.8 Å². The Morgan fingerprint density at radius 2 is 1.88 bits per heavy atom. The zero-order valence-corrected chi connectivity index (χ0v) is 18.8. The van der Waals surface area contributed by atoms with Crippen molar-refractivity contribution in [2.24, 2.45) is 0 Å². The standard InChI is InChI=1S/C24H30N6O2/c1-17-14-25-24-19(6-3-7-20(24)31-2)23(17)28-18-5-4-8-30(15-18)22-13-21(26-16-27-22)29-9-11-32-12-10-29/h3,6-7,13-14,16,18H,4-5,8-12,15H2,1-2H3,(H,25,28). The predicted molar refractivity (Wildman–Crippen MR) is 127 cm³/mol. The third kappa shape index (κ3) is 4.14. The van der Waals surface area contributed by atoms with Gasteiger partial charge in [-0.15, -0.1) is 0 Å². The number of aryl methyl sites for hydroxylation is 1. The summed E-state index contributed by atoms with van der Waals surface area (Å²) in [5.74, 6) is 2.77. The van der Waals surface area contributed by atoms with E-state index in [-0.39, 0.29) is 0 Å². The van der Waals surface area contributed by atoms with Crippen LogP contribution in [0.2, 0.25) is 0 Å². The third-order valence-electron chi connectivity index (χ3n) is 6.34. The molecule has 0 aliphatic carbocycles. The van der Waals surface area contributed by atoms with Crippen LogP contribution in [-0.2, 0) is 4.74 Å². The number of morpholine rings is 1. The molecule has 0 spiro atoms. The molecule has 4 heterocycles. The van der Waals surface area contributed by atoms with Gasteiger partial charge in [-0.1, -0.05) is 12.1 Å². The van der Waals surface area contributed by atoms with Crippen molar-refractivity contribution < 1.29 is 9.47 Å². The number of pyridine rings is 1. The summed E-state index contributed by atoms with van der Waals surface area (Å²) in [6.07, 6.45) is 5.84. The molecule has 32 heavy (non-hydrogen) atoms. The maximum Gasteiger partial charge on any atom is 0.145 e. The summed E-state index contributed by atoms with van der Waals surface area (Å²) in [4.78, 5) is 18.4. The topological polar surface area (TPSA) is 75.6 Å². The minimum atomic E-state index is 0.320. The van der Waals surface area contributed by atoms with Crippen LogP contribution < -0.4 is 19.9 Å². The van der Waals surface area contributed by atoms with Crippen LogP contribution in [0.3, 0.4) is 0 Å². The summed E-state index contributed by atoms with van der Waals surface area (Å²) in [5.41, 5.74) is 3.17. The largest absolute Gasteiger partial charge is 0.494 e. The van der Waals surface area contributed by atoms with Gasteiger partial charge in [0.2, 0.25) is 0 Å². The molecule has 5 rings (SSSR count). The smallest absolute Gasteiger partial charge is 0.145 e. The highest BCUT2D eigenvalue weighted by molar-refractivity contribution is 5.96. The molecule has 0 bridgehead atoms. The zero-order chi connectivity index (χ0) is 21.9. The average Bonchev–Trinajstić information content (AvgIpc) is 2.86. The third-order valence-corrected chi connectivity index (χ3v) is 6.34. The normalized spacial score (nSPS) is 19.2. The Morgan fingerprint density at radius 3 is 2.69 bits per heavy atom. The number of methoxy groups -OCH3 is 1. The van der Waals surface area contributed by atoms with Gasteiger partial charge in [0.25, 0.3) is 0 Å². The molecule has 168 valence electrons. The summed E-state index contributed by atoms with van der Waals surface area (Å²) in [6.45, 7) is 7.25. The first-order valence-electron chi connectivity index (χ1n) is 11.3. The maximum absolute atomic E-state index is 5.52. The Hall–Kier alpha value is -3.13. The van der Waals surface area contributed by atoms with Gasteiger partial charge in [-0.05, 0) is 31.4 Å². The zero-order valence-electron chi connectivity index (χ0n) is 18.8. The monoisotopic (exact) mass is 434 g/mol. The number of fused-ring (bicyclic) bond motifs is 1. The summed E-state index contributed by atoms with van der Waals surface area (Å²) >= 11 is 0. The summed E-state index contributed by atoms with van der Waals surface area (Å²) in [6, 6.07) is 8.53. The molecule has 8 nitrogen and oxygen atoms in total. The fraction of sp³-hybridized carbons (Fsp3) is 0.458. The van der Waals surface area contributed by atoms with E-state index in [9.17, 15) is 0 Å². The van der Waals surface area contributed by atoms with Gasteiger partial charge >= 0.3 is 0 Å². The fourth-order valence-electron chi connectivity index (χ4n) is 4.63. The maximum atomic E-state index is 5.52. The molecule has 1 unspecified atom stereocenters. The van der Waals surface area contributed by atoms with Crippen molar-refractivity contribution in [1.29, 1.82) is 0 Å². The molecule has 2 aromatic heterocycles. The van der Waals surface area contributed by atoms with E-state index in [4.69, 9.17) is 9.47 Å². The van der Waals surface area contributed by atoms with E-state index in [2.05, 4.69) is 49.1 Å². The first-order valence-corrected chi connectivity index (χ1v) is 11.3. The van der Waals surface area contributed by atoms with Crippen molar-refractivity contribution >= 4 is 28.2 Å². The molecule has 0 amide bonds. The van der Waals surface area contributed by atoms with Gasteiger partial charge in [0.05, 0.1) is 20.3 Å². The van der Waals surface area contributed by atoms with E-state index in [1.54, 1.807) is 13.4 Å². The SMILES string of the molecule is COc1cccc2c(NC3CCCN(c4cc(N5CCOCC5)ncn4)C3)c(C)cnc12. The molecular formula is C24H30N6O2. The fourth-order valence-corrected chi connectivity index (χ4v) is 4.63. The Morgan fingerprint density at radius 1 is 1.06 bits per heavy atom. The number of ether oxygens (including phenoxy) is 2. The van der Waals surface area contributed by atoms with Gasteiger partial charge in [0.15, 0.2) is 0 Å². The number of para-hydroxylation sites is 1. The molecular weight excluding hydrogens is 404 g/mol. The number of nitrogens with zero attached hydrogens (tertiary/aromatic N) is 5. The number of nitrogens with one attached hydrogen (secondary N) is 1. The number of anilines is 3. The van der Waals surface area contributed by atoms with Crippen LogP contribution in [0.15, 0.2) is 36.8 Å². The van der Waals surface area contributed by atoms with Gasteiger partial charge < -0.3 is 24.6 Å². The molecule has 1 N–H and O–H groups in total. The van der Waals surface area contributed by atoms with Crippen molar-refractivity contribution in [2.45, 2.75) is 25.8 Å². The number of benzene rings is 1. The van der Waals surface area contributed by atoms with Crippen molar-refractivity contribution in [3.05, 3.63) is 42.4 Å². The highest BCUT2D eigenvalue weighted by Crippen LogP contribution is 2.32. The molecule has 2 fully saturated rings. The first kappa shape index (κ1) is 20.8. The quantitative estimate of drug-likeness (QED) is 0.656. The Kier molecular flexibility index (Phi) is 5.94. The van der Waals surface area contributed by atoms with Crippen molar-refractivity contribution in [1.82, 2.24) is 15.0 Å². The molecule has 1 atom stereocenters. The molecule has 2 aliphatic heterocycles. The van der Waals surface area contributed by atoms with Crippen molar-refractivity contribution in [3.63, 3.8) is 0 Å². The molecule has 0 radical (unpaired) electrons. The van der Waals surface area contributed by atoms with Gasteiger partial charge in [0.1, 0.15) is 29.2 Å². The number of rotatable bonds is 5. The molecule has 2 aliphatic rings. The number of aromatic nitrogens is 3. The minimum absolute atomic E-state index is 0.320. The van der Waals surface area contributed by atoms with Crippen molar-refractivity contribution in [3.8, 4) is 5.75 Å². The van der Waals surface area contributed by atoms with Crippen LogP contribution in [0.1, 0.15) is 18.4 Å². The second kappa shape index (κ2) is 9.16. The highest BCUT2D eigenvalue weighted by Gasteiger charge is 2.23. The van der Waals surface area contributed by atoms with Crippen LogP contribution >= 0.6 is 0 Å². The molecule has 0 saturated carbocycles. The van der Waals surface area contributed by atoms with Crippen molar-refractivity contribution in [2.75, 3.05) is 61.6 Å². The number of hydrogen-bond acceptors (Lipinski definition) is 8.